The molecule has 0 unspecified atom stereocenters. The van der Waals surface area contributed by atoms with Crippen LogP contribution < -0.4 is 4.90 Å². The monoisotopic (exact) mass is 285 g/mol. The van der Waals surface area contributed by atoms with Crippen LogP contribution in [0.1, 0.15) is 12.8 Å². The summed E-state index contributed by atoms with van der Waals surface area (Å²) in [6, 6.07) is 6.57. The first-order chi connectivity index (χ1) is 9.04. The summed E-state index contributed by atoms with van der Waals surface area (Å²) in [6.07, 6.45) is 0.777. The van der Waals surface area contributed by atoms with Crippen molar-refractivity contribution in [2.45, 2.75) is 12.8 Å². The number of aliphatic carboxylic acids is 1. The number of hydrogen-bond acceptors (Lipinski definition) is 3. The van der Waals surface area contributed by atoms with Gasteiger partial charge in [0.2, 0.25) is 5.91 Å². The van der Waals surface area contributed by atoms with Gasteiger partial charge in [-0.05, 0) is 24.6 Å². The second-order valence-corrected chi connectivity index (χ2v) is 4.39. The Morgan fingerprint density at radius 3 is 2.74 bits per heavy atom. The lowest BCUT2D eigenvalue weighted by atomic mass is 10.2. The molecule has 1 aromatic carbocycles. The first-order valence-electron chi connectivity index (χ1n) is 5.81. The maximum Gasteiger partial charge on any atom is 0.323 e. The number of anilines is 1. The van der Waals surface area contributed by atoms with Gasteiger partial charge in [0.15, 0.2) is 0 Å². The molecule has 0 aromatic heterocycles. The quantitative estimate of drug-likeness (QED) is 0.780. The topological polar surface area (TPSA) is 66.8 Å². The molecule has 0 radical (unpaired) electrons. The average Bonchev–Trinajstić information content (AvgIpc) is 2.36. The molecule has 0 bridgehead atoms. The minimum atomic E-state index is -1.07. The van der Waals surface area contributed by atoms with E-state index in [9.17, 15) is 9.59 Å². The summed E-state index contributed by atoms with van der Waals surface area (Å²) in [5.41, 5.74) is 0.484. The molecule has 104 valence electrons. The van der Waals surface area contributed by atoms with E-state index >= 15 is 0 Å². The van der Waals surface area contributed by atoms with E-state index in [2.05, 4.69) is 0 Å². The van der Waals surface area contributed by atoms with Crippen molar-refractivity contribution < 1.29 is 19.4 Å². The molecule has 0 saturated carbocycles. The molecule has 0 atom stereocenters. The minimum absolute atomic E-state index is 0.230. The van der Waals surface area contributed by atoms with Crippen molar-refractivity contribution in [2.24, 2.45) is 0 Å². The van der Waals surface area contributed by atoms with Crippen LogP contribution >= 0.6 is 11.6 Å². The Labute approximate surface area is 116 Å². The molecule has 1 N–H and O–H groups in total. The second-order valence-electron chi connectivity index (χ2n) is 3.95. The van der Waals surface area contributed by atoms with Crippen LogP contribution in [-0.2, 0) is 14.3 Å². The first-order valence-corrected chi connectivity index (χ1v) is 6.19. The van der Waals surface area contributed by atoms with Crippen LogP contribution in [0.5, 0.6) is 0 Å². The number of hydrogen-bond donors (Lipinski definition) is 1. The molecule has 6 heteroatoms. The molecule has 0 fully saturated rings. The Balaban J connectivity index is 2.82. The van der Waals surface area contributed by atoms with Gasteiger partial charge in [-0.2, -0.15) is 0 Å². The fourth-order valence-corrected chi connectivity index (χ4v) is 1.79. The number of rotatable bonds is 7. The summed E-state index contributed by atoms with van der Waals surface area (Å²) in [6.45, 7) is 0.0777. The van der Waals surface area contributed by atoms with E-state index in [1.54, 1.807) is 31.4 Å². The maximum atomic E-state index is 12.0. The van der Waals surface area contributed by atoms with Crippen molar-refractivity contribution in [3.8, 4) is 0 Å². The third-order valence-electron chi connectivity index (χ3n) is 2.45. The lowest BCUT2D eigenvalue weighted by Gasteiger charge is -2.21. The molecular formula is C13H16ClNO4. The summed E-state index contributed by atoms with van der Waals surface area (Å²) in [4.78, 5) is 24.1. The number of methoxy groups -OCH3 is 1. The number of carboxylic acid groups (broad SMARTS) is 1. The third-order valence-corrected chi connectivity index (χ3v) is 2.69. The number of ether oxygens (including phenoxy) is 1. The molecule has 0 heterocycles. The van der Waals surface area contributed by atoms with Crippen molar-refractivity contribution in [3.05, 3.63) is 29.3 Å². The Hall–Kier alpha value is -1.59. The fourth-order valence-electron chi connectivity index (χ4n) is 1.61. The Bertz CT molecular complexity index is 450. The highest BCUT2D eigenvalue weighted by atomic mass is 35.5. The predicted molar refractivity (Wildman–Crippen MR) is 72.6 cm³/mol. The van der Waals surface area contributed by atoms with Gasteiger partial charge in [0.25, 0.3) is 0 Å². The highest BCUT2D eigenvalue weighted by Gasteiger charge is 2.18. The fraction of sp³-hybridized carbons (Fsp3) is 0.385. The minimum Gasteiger partial charge on any atom is -0.480 e. The second kappa shape index (κ2) is 7.76. The molecule has 5 nitrogen and oxygen atoms in total. The van der Waals surface area contributed by atoms with Gasteiger partial charge in [-0.25, -0.2) is 0 Å². The van der Waals surface area contributed by atoms with Gasteiger partial charge in [0.05, 0.1) is 0 Å². The molecule has 1 aromatic rings. The van der Waals surface area contributed by atoms with E-state index in [4.69, 9.17) is 21.4 Å². The lowest BCUT2D eigenvalue weighted by molar-refractivity contribution is -0.136. The molecule has 0 aliphatic carbocycles. The standard InChI is InChI=1S/C13H16ClNO4/c1-19-7-3-6-12(16)15(9-13(17)18)11-5-2-4-10(14)8-11/h2,4-5,8H,3,6-7,9H2,1H3,(H,17,18). The molecule has 0 aliphatic heterocycles. The van der Waals surface area contributed by atoms with Gasteiger partial charge in [0, 0.05) is 30.8 Å². The van der Waals surface area contributed by atoms with Crippen molar-refractivity contribution in [1.82, 2.24) is 0 Å². The van der Waals surface area contributed by atoms with Crippen LogP contribution in [0.3, 0.4) is 0 Å². The van der Waals surface area contributed by atoms with Gasteiger partial charge >= 0.3 is 5.97 Å². The average molecular weight is 286 g/mol. The van der Waals surface area contributed by atoms with Crippen molar-refractivity contribution in [3.63, 3.8) is 0 Å². The van der Waals surface area contributed by atoms with Gasteiger partial charge in [-0.3, -0.25) is 9.59 Å². The lowest BCUT2D eigenvalue weighted by Crippen LogP contribution is -2.35. The van der Waals surface area contributed by atoms with E-state index in [0.29, 0.717) is 23.7 Å². The number of carbonyl (C=O) groups excluding carboxylic acids is 1. The zero-order chi connectivity index (χ0) is 14.3. The van der Waals surface area contributed by atoms with Gasteiger partial charge < -0.3 is 14.7 Å². The summed E-state index contributed by atoms with van der Waals surface area (Å²) in [5, 5.41) is 9.34. The van der Waals surface area contributed by atoms with Crippen LogP contribution in [0, 0.1) is 0 Å². The summed E-state index contributed by atoms with van der Waals surface area (Å²) in [7, 11) is 1.55. The molecule has 1 rings (SSSR count). The predicted octanol–water partition coefficient (Wildman–Crippen LogP) is 2.18. The Morgan fingerprint density at radius 1 is 1.42 bits per heavy atom. The number of benzene rings is 1. The Kier molecular flexibility index (Phi) is 6.32. The smallest absolute Gasteiger partial charge is 0.323 e. The van der Waals surface area contributed by atoms with Crippen molar-refractivity contribution in [1.29, 1.82) is 0 Å². The van der Waals surface area contributed by atoms with E-state index < -0.39 is 5.97 Å². The summed E-state index contributed by atoms with van der Waals surface area (Å²) >= 11 is 5.85. The number of amides is 1. The van der Waals surface area contributed by atoms with Crippen LogP contribution in [0.15, 0.2) is 24.3 Å². The first kappa shape index (κ1) is 15.5. The highest BCUT2D eigenvalue weighted by molar-refractivity contribution is 6.30. The van der Waals surface area contributed by atoms with E-state index in [-0.39, 0.29) is 18.9 Å². The highest BCUT2D eigenvalue weighted by Crippen LogP contribution is 2.20. The molecule has 19 heavy (non-hydrogen) atoms. The van der Waals surface area contributed by atoms with Gasteiger partial charge in [0.1, 0.15) is 6.54 Å². The molecule has 1 amide bonds. The summed E-state index contributed by atoms with van der Waals surface area (Å²) < 4.78 is 4.87. The number of nitrogens with zero attached hydrogens (tertiary/aromatic N) is 1. The van der Waals surface area contributed by atoms with Crippen molar-refractivity contribution >= 4 is 29.2 Å². The van der Waals surface area contributed by atoms with Crippen molar-refractivity contribution in [2.75, 3.05) is 25.2 Å². The third kappa shape index (κ3) is 5.28. The van der Waals surface area contributed by atoms with Gasteiger partial charge in [-0.1, -0.05) is 17.7 Å². The number of carboxylic acids is 1. The zero-order valence-corrected chi connectivity index (χ0v) is 11.4. The number of carbonyl (C=O) groups is 2. The largest absolute Gasteiger partial charge is 0.480 e. The van der Waals surface area contributed by atoms with E-state index in [1.165, 1.54) is 4.90 Å². The maximum absolute atomic E-state index is 12.0. The van der Waals surface area contributed by atoms with Crippen LogP contribution in [0.2, 0.25) is 5.02 Å². The normalized spacial score (nSPS) is 10.2. The molecule has 0 aliphatic rings. The van der Waals surface area contributed by atoms with E-state index in [1.807, 2.05) is 0 Å². The molecule has 0 spiro atoms. The Morgan fingerprint density at radius 2 is 2.16 bits per heavy atom. The molecular weight excluding hydrogens is 270 g/mol. The van der Waals surface area contributed by atoms with Crippen LogP contribution in [-0.4, -0.2) is 37.2 Å². The zero-order valence-electron chi connectivity index (χ0n) is 10.6. The van der Waals surface area contributed by atoms with Crippen LogP contribution in [0.25, 0.3) is 0 Å². The number of halogens is 1. The van der Waals surface area contributed by atoms with Crippen LogP contribution in [0.4, 0.5) is 5.69 Å². The summed E-state index contributed by atoms with van der Waals surface area (Å²) in [5.74, 6) is -1.33. The van der Waals surface area contributed by atoms with Gasteiger partial charge in [-0.15, -0.1) is 0 Å². The van der Waals surface area contributed by atoms with E-state index in [0.717, 1.165) is 0 Å². The molecule has 0 saturated heterocycles. The SMILES string of the molecule is COCCCC(=O)N(CC(=O)O)c1cccc(Cl)c1.